The molecule has 0 heterocycles. The summed E-state index contributed by atoms with van der Waals surface area (Å²) in [5.41, 5.74) is 9.93. The normalized spacial score (nSPS) is 14.7. The molecule has 0 aliphatic carbocycles. The Morgan fingerprint density at radius 2 is 1.67 bits per heavy atom. The molecule has 0 aliphatic rings. The van der Waals surface area contributed by atoms with E-state index >= 15 is 0 Å². The molecule has 10 heteroatoms. The molecule has 24 heavy (non-hydrogen) atoms. The van der Waals surface area contributed by atoms with Gasteiger partial charge in [0.1, 0.15) is 29.4 Å². The first-order valence-electron chi connectivity index (χ1n) is 7.24. The molecule has 0 aromatic carbocycles. The van der Waals surface area contributed by atoms with Gasteiger partial charge in [-0.1, -0.05) is 0 Å². The van der Waals surface area contributed by atoms with Gasteiger partial charge in [-0.3, -0.25) is 15.0 Å². The predicted molar refractivity (Wildman–Crippen MR) is 91.1 cm³/mol. The third-order valence-corrected chi connectivity index (χ3v) is 2.90. The summed E-state index contributed by atoms with van der Waals surface area (Å²) in [6.07, 6.45) is 2.75. The molecule has 0 aliphatic heterocycles. The fraction of sp³-hybridized carbons (Fsp3) is 0.643. The summed E-state index contributed by atoms with van der Waals surface area (Å²) in [4.78, 5) is 22.3. The predicted octanol–water partition coefficient (Wildman–Crippen LogP) is 1.19. The van der Waals surface area contributed by atoms with Crippen LogP contribution in [0.25, 0.3) is 0 Å². The smallest absolute Gasteiger partial charge is 0.305 e. The van der Waals surface area contributed by atoms with Crippen LogP contribution in [-0.2, 0) is 9.68 Å². The average Bonchev–Trinajstić information content (AvgIpc) is 2.49. The van der Waals surface area contributed by atoms with Crippen LogP contribution in [0.2, 0.25) is 0 Å². The zero-order valence-corrected chi connectivity index (χ0v) is 14.4. The van der Waals surface area contributed by atoms with E-state index in [1.807, 2.05) is 0 Å². The summed E-state index contributed by atoms with van der Waals surface area (Å²) in [5.74, 6) is -0.563. The molecule has 0 saturated carbocycles. The zero-order valence-electron chi connectivity index (χ0n) is 14.4. The molecule has 0 radical (unpaired) electrons. The number of hydrogen-bond acceptors (Lipinski definition) is 7. The van der Waals surface area contributed by atoms with E-state index in [0.717, 1.165) is 0 Å². The lowest BCUT2D eigenvalue weighted by molar-refractivity contribution is -0.231. The summed E-state index contributed by atoms with van der Waals surface area (Å²) >= 11 is 0. The van der Waals surface area contributed by atoms with Crippen LogP contribution < -0.4 is 11.5 Å². The standard InChI is InChI=1S/C14H26N6O4/c1-13(2,11(15)17-7-5-9-24-23)19-20-14(3,4)12(16)18-8-6-10(21)22/h5,7,23H,6,8-9H2,1-4H3,(H2,15,17)(H2,16,18)(H,21,22)/b7-5+,20-19?. The SMILES string of the molecule is CC(C)(N=NC(C)(C)C(N)=NCCC(=O)O)C(N)=N/C=C/COO. The fourth-order valence-electron chi connectivity index (χ4n) is 1.19. The highest BCUT2D eigenvalue weighted by molar-refractivity contribution is 5.90. The average molecular weight is 342 g/mol. The molecule has 0 atom stereocenters. The second kappa shape index (κ2) is 9.73. The number of aliphatic carboxylic acids is 1. The van der Waals surface area contributed by atoms with Gasteiger partial charge in [-0.15, -0.1) is 0 Å². The zero-order chi connectivity index (χ0) is 18.8. The number of carboxylic acids is 1. The number of azo groups is 1. The highest BCUT2D eigenvalue weighted by Crippen LogP contribution is 2.16. The lowest BCUT2D eigenvalue weighted by atomic mass is 10.0. The number of nitrogens with two attached hydrogens (primary N) is 2. The van der Waals surface area contributed by atoms with E-state index in [1.165, 1.54) is 12.3 Å². The van der Waals surface area contributed by atoms with Crippen LogP contribution in [0.15, 0.2) is 32.5 Å². The van der Waals surface area contributed by atoms with Gasteiger partial charge in [0.25, 0.3) is 0 Å². The molecule has 0 aromatic rings. The Hall–Kier alpha value is -2.33. The molecule has 0 unspecified atom stereocenters. The molecule has 0 fully saturated rings. The first-order chi connectivity index (χ1) is 11.0. The minimum atomic E-state index is -0.948. The lowest BCUT2D eigenvalue weighted by Gasteiger charge is -2.22. The van der Waals surface area contributed by atoms with Gasteiger partial charge in [0.15, 0.2) is 0 Å². The molecule has 0 bridgehead atoms. The monoisotopic (exact) mass is 342 g/mol. The number of aliphatic imine (C=N–C) groups is 2. The van der Waals surface area contributed by atoms with Crippen LogP contribution >= 0.6 is 0 Å². The van der Waals surface area contributed by atoms with E-state index in [1.54, 1.807) is 27.7 Å². The summed E-state index contributed by atoms with van der Waals surface area (Å²) in [7, 11) is 0. The molecule has 0 spiro atoms. The summed E-state index contributed by atoms with van der Waals surface area (Å²) in [6.45, 7) is 6.93. The van der Waals surface area contributed by atoms with Crippen molar-refractivity contribution in [3.8, 4) is 0 Å². The second-order valence-electron chi connectivity index (χ2n) is 5.92. The maximum atomic E-state index is 10.5. The molecule has 0 aromatic heterocycles. The van der Waals surface area contributed by atoms with Crippen molar-refractivity contribution in [1.82, 2.24) is 0 Å². The Morgan fingerprint density at radius 3 is 2.17 bits per heavy atom. The van der Waals surface area contributed by atoms with Gasteiger partial charge < -0.3 is 16.6 Å². The largest absolute Gasteiger partial charge is 0.481 e. The van der Waals surface area contributed by atoms with Crippen LogP contribution in [0.3, 0.4) is 0 Å². The Kier molecular flexibility index (Phi) is 8.78. The van der Waals surface area contributed by atoms with Gasteiger partial charge in [0, 0.05) is 6.20 Å². The Morgan fingerprint density at radius 1 is 1.12 bits per heavy atom. The highest BCUT2D eigenvalue weighted by atomic mass is 17.1. The van der Waals surface area contributed by atoms with E-state index < -0.39 is 17.0 Å². The lowest BCUT2D eigenvalue weighted by Crippen LogP contribution is -2.40. The van der Waals surface area contributed by atoms with E-state index in [0.29, 0.717) is 0 Å². The Labute approximate surface area is 141 Å². The minimum absolute atomic E-state index is 0.00486. The molecule has 10 nitrogen and oxygen atoms in total. The van der Waals surface area contributed by atoms with Crippen LogP contribution in [0.1, 0.15) is 34.1 Å². The molecular formula is C14H26N6O4. The van der Waals surface area contributed by atoms with Crippen LogP contribution in [-0.4, -0.2) is 52.2 Å². The van der Waals surface area contributed by atoms with Crippen molar-refractivity contribution in [3.63, 3.8) is 0 Å². The van der Waals surface area contributed by atoms with Crippen LogP contribution in [0, 0.1) is 0 Å². The summed E-state index contributed by atoms with van der Waals surface area (Å²) < 4.78 is 0. The van der Waals surface area contributed by atoms with Crippen molar-refractivity contribution >= 4 is 17.6 Å². The third-order valence-electron chi connectivity index (χ3n) is 2.90. The van der Waals surface area contributed by atoms with Crippen molar-refractivity contribution in [2.75, 3.05) is 13.2 Å². The van der Waals surface area contributed by atoms with Crippen molar-refractivity contribution in [3.05, 3.63) is 12.3 Å². The van der Waals surface area contributed by atoms with Gasteiger partial charge in [-0.2, -0.15) is 10.2 Å². The summed E-state index contributed by atoms with van der Waals surface area (Å²) in [6, 6.07) is 0. The number of carbonyl (C=O) groups is 1. The van der Waals surface area contributed by atoms with Gasteiger partial charge >= 0.3 is 5.97 Å². The van der Waals surface area contributed by atoms with Crippen molar-refractivity contribution in [1.29, 1.82) is 0 Å². The minimum Gasteiger partial charge on any atom is -0.481 e. The number of nitrogens with zero attached hydrogens (tertiary/aromatic N) is 4. The first-order valence-corrected chi connectivity index (χ1v) is 7.24. The highest BCUT2D eigenvalue weighted by Gasteiger charge is 2.27. The van der Waals surface area contributed by atoms with Gasteiger partial charge in [0.05, 0.1) is 13.0 Å². The van der Waals surface area contributed by atoms with Crippen LogP contribution in [0.4, 0.5) is 0 Å². The number of rotatable bonds is 10. The molecular weight excluding hydrogens is 316 g/mol. The second-order valence-corrected chi connectivity index (χ2v) is 5.92. The molecule has 0 rings (SSSR count). The molecule has 6 N–H and O–H groups in total. The number of amidine groups is 2. The van der Waals surface area contributed by atoms with Gasteiger partial charge in [-0.05, 0) is 33.8 Å². The van der Waals surface area contributed by atoms with E-state index in [9.17, 15) is 4.79 Å². The molecule has 0 amide bonds. The van der Waals surface area contributed by atoms with E-state index in [4.69, 9.17) is 21.8 Å². The third kappa shape index (κ3) is 8.34. The van der Waals surface area contributed by atoms with Crippen molar-refractivity contribution in [2.24, 2.45) is 31.7 Å². The maximum absolute atomic E-state index is 10.5. The summed E-state index contributed by atoms with van der Waals surface area (Å²) in [5, 5.41) is 25.1. The van der Waals surface area contributed by atoms with Gasteiger partial charge in [0.2, 0.25) is 0 Å². The van der Waals surface area contributed by atoms with E-state index in [-0.39, 0.29) is 31.2 Å². The Bertz CT molecular complexity index is 537. The topological polar surface area (TPSA) is 168 Å². The quantitative estimate of drug-likeness (QED) is 0.153. The number of hydrogen-bond donors (Lipinski definition) is 4. The number of carboxylic acid groups (broad SMARTS) is 1. The molecule has 0 saturated heterocycles. The Balaban J connectivity index is 5.01. The van der Waals surface area contributed by atoms with Crippen molar-refractivity contribution in [2.45, 2.75) is 45.2 Å². The van der Waals surface area contributed by atoms with Gasteiger partial charge in [-0.25, -0.2) is 9.88 Å². The maximum Gasteiger partial charge on any atom is 0.305 e. The molecule has 136 valence electrons. The van der Waals surface area contributed by atoms with E-state index in [2.05, 4.69) is 25.1 Å². The van der Waals surface area contributed by atoms with Crippen LogP contribution in [0.5, 0.6) is 0 Å². The first kappa shape index (κ1) is 21.7. The van der Waals surface area contributed by atoms with Crippen molar-refractivity contribution < 1.29 is 20.0 Å². The fourth-order valence-corrected chi connectivity index (χ4v) is 1.19.